The average molecular weight is 508 g/mol. The van der Waals surface area contributed by atoms with Gasteiger partial charge in [-0.05, 0) is 72.3 Å². The Morgan fingerprint density at radius 2 is 1.75 bits per heavy atom. The van der Waals surface area contributed by atoms with Gasteiger partial charge in [-0.15, -0.1) is 11.3 Å². The highest BCUT2D eigenvalue weighted by molar-refractivity contribution is 7.20. The van der Waals surface area contributed by atoms with Crippen LogP contribution in [0.3, 0.4) is 0 Å². The maximum atomic E-state index is 13.7. The molecule has 1 unspecified atom stereocenters. The van der Waals surface area contributed by atoms with Crippen molar-refractivity contribution in [1.29, 1.82) is 0 Å². The van der Waals surface area contributed by atoms with E-state index < -0.39 is 11.7 Å². The third kappa shape index (κ3) is 5.20. The van der Waals surface area contributed by atoms with Gasteiger partial charge in [0.2, 0.25) is 0 Å². The Kier molecular flexibility index (Phi) is 6.91. The normalized spacial score (nSPS) is 16.5. The summed E-state index contributed by atoms with van der Waals surface area (Å²) < 4.78 is 48.4. The van der Waals surface area contributed by atoms with E-state index in [2.05, 4.69) is 30.5 Å². The van der Waals surface area contributed by atoms with E-state index in [4.69, 9.17) is 4.74 Å². The highest BCUT2D eigenvalue weighted by Crippen LogP contribution is 2.47. The predicted octanol–water partition coefficient (Wildman–Crippen LogP) is 8.66. The lowest BCUT2D eigenvalue weighted by molar-refractivity contribution is -0.137. The van der Waals surface area contributed by atoms with E-state index in [1.54, 1.807) is 6.07 Å². The molecular formula is C30H28F3NOS. The second kappa shape index (κ2) is 10.1. The molecule has 0 radical (unpaired) electrons. The highest BCUT2D eigenvalue weighted by Gasteiger charge is 2.34. The number of fused-ring (bicyclic) bond motifs is 1. The summed E-state index contributed by atoms with van der Waals surface area (Å²) in [5.41, 5.74) is 0.902. The van der Waals surface area contributed by atoms with E-state index in [0.29, 0.717) is 21.9 Å². The first-order chi connectivity index (χ1) is 17.3. The van der Waals surface area contributed by atoms with Crippen LogP contribution in [0.15, 0.2) is 79.4 Å². The molecule has 186 valence electrons. The maximum absolute atomic E-state index is 13.7. The Morgan fingerprint density at radius 3 is 2.47 bits per heavy atom. The SMILES string of the molecule is C=C(c1ccccc1C(F)(F)F)c1sc2ccccc2c1Oc1ccc(CCN2CCC(C)C2)cc1. The number of ether oxygens (including phenoxy) is 1. The number of benzene rings is 3. The van der Waals surface area contributed by atoms with Crippen LogP contribution in [0.5, 0.6) is 11.5 Å². The Hall–Kier alpha value is -3.09. The Bertz CT molecular complexity index is 1370. The lowest BCUT2D eigenvalue weighted by Crippen LogP contribution is -2.22. The fraction of sp³-hybridized carbons (Fsp3) is 0.267. The Morgan fingerprint density at radius 1 is 1.03 bits per heavy atom. The van der Waals surface area contributed by atoms with E-state index >= 15 is 0 Å². The molecule has 1 aliphatic rings. The van der Waals surface area contributed by atoms with Crippen molar-refractivity contribution in [2.24, 2.45) is 5.92 Å². The number of rotatable bonds is 7. The van der Waals surface area contributed by atoms with E-state index in [9.17, 15) is 13.2 Å². The molecule has 1 atom stereocenters. The van der Waals surface area contributed by atoms with Crippen molar-refractivity contribution in [3.8, 4) is 11.5 Å². The number of hydrogen-bond acceptors (Lipinski definition) is 3. The first kappa shape index (κ1) is 24.6. The third-order valence-corrected chi connectivity index (χ3v) is 7.96. The summed E-state index contributed by atoms with van der Waals surface area (Å²) in [4.78, 5) is 3.10. The Labute approximate surface area is 213 Å². The quantitative estimate of drug-likeness (QED) is 0.248. The van der Waals surface area contributed by atoms with Crippen LogP contribution in [0.25, 0.3) is 15.7 Å². The molecule has 0 saturated carbocycles. The first-order valence-electron chi connectivity index (χ1n) is 12.2. The summed E-state index contributed by atoms with van der Waals surface area (Å²) in [5.74, 6) is 1.96. The monoisotopic (exact) mass is 507 g/mol. The van der Waals surface area contributed by atoms with Gasteiger partial charge in [-0.25, -0.2) is 0 Å². The summed E-state index contributed by atoms with van der Waals surface area (Å²) >= 11 is 1.39. The van der Waals surface area contributed by atoms with Gasteiger partial charge < -0.3 is 9.64 Å². The molecule has 0 N–H and O–H groups in total. The van der Waals surface area contributed by atoms with Crippen LogP contribution in [-0.4, -0.2) is 24.5 Å². The van der Waals surface area contributed by atoms with Crippen molar-refractivity contribution in [3.05, 3.63) is 101 Å². The molecule has 3 aromatic carbocycles. The highest BCUT2D eigenvalue weighted by atomic mass is 32.1. The average Bonchev–Trinajstić information content (AvgIpc) is 3.46. The van der Waals surface area contributed by atoms with Crippen LogP contribution in [0, 0.1) is 5.92 Å². The topological polar surface area (TPSA) is 12.5 Å². The lowest BCUT2D eigenvalue weighted by Gasteiger charge is -2.16. The van der Waals surface area contributed by atoms with Crippen LogP contribution < -0.4 is 4.74 Å². The first-order valence-corrected chi connectivity index (χ1v) is 13.0. The molecule has 2 heterocycles. The van der Waals surface area contributed by atoms with Gasteiger partial charge in [0.15, 0.2) is 5.75 Å². The molecule has 0 aliphatic carbocycles. The fourth-order valence-corrected chi connectivity index (χ4v) is 5.91. The molecule has 5 rings (SSSR count). The van der Waals surface area contributed by atoms with E-state index in [1.165, 1.54) is 35.5 Å². The molecule has 1 saturated heterocycles. The zero-order valence-electron chi connectivity index (χ0n) is 20.1. The second-order valence-corrected chi connectivity index (χ2v) is 10.5. The van der Waals surface area contributed by atoms with Crippen molar-refractivity contribution in [3.63, 3.8) is 0 Å². The van der Waals surface area contributed by atoms with E-state index in [0.717, 1.165) is 48.1 Å². The second-order valence-electron chi connectivity index (χ2n) is 9.47. The van der Waals surface area contributed by atoms with Crippen LogP contribution in [-0.2, 0) is 12.6 Å². The molecule has 6 heteroatoms. The molecule has 1 fully saturated rings. The molecule has 0 amide bonds. The van der Waals surface area contributed by atoms with Crippen molar-refractivity contribution in [1.82, 2.24) is 4.90 Å². The largest absolute Gasteiger partial charge is 0.455 e. The number of halogens is 3. The van der Waals surface area contributed by atoms with Crippen molar-refractivity contribution < 1.29 is 17.9 Å². The van der Waals surface area contributed by atoms with Gasteiger partial charge in [0.25, 0.3) is 0 Å². The van der Waals surface area contributed by atoms with Crippen LogP contribution >= 0.6 is 11.3 Å². The van der Waals surface area contributed by atoms with Crippen molar-refractivity contribution >= 4 is 27.0 Å². The molecular weight excluding hydrogens is 479 g/mol. The van der Waals surface area contributed by atoms with Gasteiger partial charge in [-0.3, -0.25) is 0 Å². The molecule has 4 aromatic rings. The Balaban J connectivity index is 1.42. The van der Waals surface area contributed by atoms with Gasteiger partial charge in [0.1, 0.15) is 5.75 Å². The molecule has 1 aromatic heterocycles. The number of nitrogens with zero attached hydrogens (tertiary/aromatic N) is 1. The minimum atomic E-state index is -4.47. The minimum Gasteiger partial charge on any atom is -0.455 e. The van der Waals surface area contributed by atoms with E-state index in [-0.39, 0.29) is 5.56 Å². The summed E-state index contributed by atoms with van der Waals surface area (Å²) in [6, 6.07) is 21.3. The predicted molar refractivity (Wildman–Crippen MR) is 142 cm³/mol. The molecule has 0 bridgehead atoms. The van der Waals surface area contributed by atoms with Crippen molar-refractivity contribution in [2.45, 2.75) is 25.9 Å². The summed E-state index contributed by atoms with van der Waals surface area (Å²) in [7, 11) is 0. The molecule has 2 nitrogen and oxygen atoms in total. The number of hydrogen-bond donors (Lipinski definition) is 0. The number of thiophene rings is 1. The van der Waals surface area contributed by atoms with Gasteiger partial charge in [0, 0.05) is 23.2 Å². The van der Waals surface area contributed by atoms with Crippen molar-refractivity contribution in [2.75, 3.05) is 19.6 Å². The number of alkyl halides is 3. The summed E-state index contributed by atoms with van der Waals surface area (Å²) in [6.45, 7) is 9.74. The zero-order valence-corrected chi connectivity index (χ0v) is 21.0. The summed E-state index contributed by atoms with van der Waals surface area (Å²) in [6.07, 6.45) is -2.23. The van der Waals surface area contributed by atoms with Crippen LogP contribution in [0.4, 0.5) is 13.2 Å². The standard InChI is InChI=1S/C30H28F3NOS/c1-20-15-17-34(19-20)18-16-22-11-13-23(14-12-22)35-28-25-8-4-6-10-27(25)36-29(28)21(2)24-7-3-5-9-26(24)30(31,32)33/h3-14,20H,2,15-19H2,1H3. The lowest BCUT2D eigenvalue weighted by atomic mass is 9.98. The van der Waals surface area contributed by atoms with Crippen LogP contribution in [0.2, 0.25) is 0 Å². The molecule has 0 spiro atoms. The third-order valence-electron chi connectivity index (χ3n) is 6.75. The maximum Gasteiger partial charge on any atom is 0.417 e. The minimum absolute atomic E-state index is 0.0629. The van der Waals surface area contributed by atoms with E-state index in [1.807, 2.05) is 36.4 Å². The van der Waals surface area contributed by atoms with Crippen LogP contribution in [0.1, 0.15) is 34.9 Å². The molecule has 36 heavy (non-hydrogen) atoms. The van der Waals surface area contributed by atoms with Gasteiger partial charge >= 0.3 is 6.18 Å². The fourth-order valence-electron chi connectivity index (χ4n) is 4.80. The smallest absolute Gasteiger partial charge is 0.417 e. The van der Waals surface area contributed by atoms with Gasteiger partial charge in [-0.1, -0.05) is 56.0 Å². The van der Waals surface area contributed by atoms with Gasteiger partial charge in [-0.2, -0.15) is 13.2 Å². The van der Waals surface area contributed by atoms with Gasteiger partial charge in [0.05, 0.1) is 10.4 Å². The summed E-state index contributed by atoms with van der Waals surface area (Å²) in [5, 5.41) is 0.857. The molecule has 1 aliphatic heterocycles. The number of likely N-dealkylation sites (tertiary alicyclic amines) is 1. The zero-order chi connectivity index (χ0) is 25.3.